The molecule has 1 fully saturated rings. The number of benzene rings is 2. The molecule has 0 radical (unpaired) electrons. The molecule has 26 heavy (non-hydrogen) atoms. The summed E-state index contributed by atoms with van der Waals surface area (Å²) in [5.74, 6) is 0.0122. The third kappa shape index (κ3) is 4.99. The highest BCUT2D eigenvalue weighted by molar-refractivity contribution is 5.72. The largest absolute Gasteiger partial charge is 0.466 e. The van der Waals surface area contributed by atoms with Crippen LogP contribution < -0.4 is 15.8 Å². The number of carbonyl (C=O) groups excluding carboxylic acids is 1. The SMILES string of the molecule is CCOC(=O)C1CCN(c2ccc(CNNc3ccccc3)cc2)CC1. The van der Waals surface area contributed by atoms with Crippen molar-refractivity contribution in [1.29, 1.82) is 0 Å². The number of nitrogens with zero attached hydrogens (tertiary/aromatic N) is 1. The molecule has 0 amide bonds. The minimum Gasteiger partial charge on any atom is -0.466 e. The highest BCUT2D eigenvalue weighted by atomic mass is 16.5. The van der Waals surface area contributed by atoms with Crippen LogP contribution in [0.1, 0.15) is 25.3 Å². The lowest BCUT2D eigenvalue weighted by Gasteiger charge is -2.32. The summed E-state index contributed by atoms with van der Waals surface area (Å²) in [5.41, 5.74) is 9.91. The number of hydrogen-bond acceptors (Lipinski definition) is 5. The summed E-state index contributed by atoms with van der Waals surface area (Å²) in [6.45, 7) is 4.87. The van der Waals surface area contributed by atoms with Crippen LogP contribution >= 0.6 is 0 Å². The second-order valence-corrected chi connectivity index (χ2v) is 6.52. The van der Waals surface area contributed by atoms with E-state index in [1.807, 2.05) is 37.3 Å². The summed E-state index contributed by atoms with van der Waals surface area (Å²) >= 11 is 0. The fourth-order valence-corrected chi connectivity index (χ4v) is 3.23. The second kappa shape index (κ2) is 9.25. The Balaban J connectivity index is 1.45. The summed E-state index contributed by atoms with van der Waals surface area (Å²) in [6.07, 6.45) is 1.73. The van der Waals surface area contributed by atoms with Crippen molar-refractivity contribution in [2.24, 2.45) is 5.92 Å². The van der Waals surface area contributed by atoms with Gasteiger partial charge in [-0.1, -0.05) is 30.3 Å². The van der Waals surface area contributed by atoms with Crippen molar-refractivity contribution in [2.45, 2.75) is 26.3 Å². The number of anilines is 2. The van der Waals surface area contributed by atoms with Crippen LogP contribution in [-0.4, -0.2) is 25.7 Å². The lowest BCUT2D eigenvalue weighted by atomic mass is 9.96. The molecule has 0 saturated carbocycles. The van der Waals surface area contributed by atoms with Gasteiger partial charge in [0.1, 0.15) is 0 Å². The second-order valence-electron chi connectivity index (χ2n) is 6.52. The van der Waals surface area contributed by atoms with Gasteiger partial charge in [0.25, 0.3) is 0 Å². The van der Waals surface area contributed by atoms with Crippen molar-refractivity contribution in [3.63, 3.8) is 0 Å². The Morgan fingerprint density at radius 1 is 1.08 bits per heavy atom. The van der Waals surface area contributed by atoms with E-state index in [1.165, 1.54) is 11.3 Å². The van der Waals surface area contributed by atoms with E-state index in [-0.39, 0.29) is 11.9 Å². The van der Waals surface area contributed by atoms with Crippen LogP contribution in [0.5, 0.6) is 0 Å². The molecule has 0 bridgehead atoms. The first-order chi connectivity index (χ1) is 12.8. The first-order valence-electron chi connectivity index (χ1n) is 9.30. The molecule has 1 aliphatic heterocycles. The zero-order valence-corrected chi connectivity index (χ0v) is 15.3. The van der Waals surface area contributed by atoms with Crippen molar-refractivity contribution in [2.75, 3.05) is 30.0 Å². The molecule has 5 nitrogen and oxygen atoms in total. The number of ether oxygens (including phenoxy) is 1. The number of rotatable bonds is 7. The molecule has 2 aromatic carbocycles. The maximum Gasteiger partial charge on any atom is 0.309 e. The van der Waals surface area contributed by atoms with E-state index >= 15 is 0 Å². The first-order valence-corrected chi connectivity index (χ1v) is 9.30. The predicted octanol–water partition coefficient (Wildman–Crippen LogP) is 3.58. The molecule has 138 valence electrons. The number of para-hydroxylation sites is 1. The van der Waals surface area contributed by atoms with E-state index in [9.17, 15) is 4.79 Å². The van der Waals surface area contributed by atoms with Crippen molar-refractivity contribution in [3.8, 4) is 0 Å². The molecule has 1 aliphatic rings. The summed E-state index contributed by atoms with van der Waals surface area (Å²) < 4.78 is 5.14. The molecule has 0 aromatic heterocycles. The standard InChI is InChI=1S/C21H27N3O2/c1-2-26-21(25)18-12-14-24(15-13-18)20-10-8-17(9-11-20)16-22-23-19-6-4-3-5-7-19/h3-11,18,22-23H,2,12-16H2,1H3. The van der Waals surface area contributed by atoms with Gasteiger partial charge in [-0.3, -0.25) is 4.79 Å². The van der Waals surface area contributed by atoms with Crippen molar-refractivity contribution >= 4 is 17.3 Å². The van der Waals surface area contributed by atoms with E-state index in [4.69, 9.17) is 4.74 Å². The van der Waals surface area contributed by atoms with Gasteiger partial charge in [0.05, 0.1) is 12.5 Å². The van der Waals surface area contributed by atoms with Gasteiger partial charge < -0.3 is 15.1 Å². The van der Waals surface area contributed by atoms with Gasteiger partial charge in [0, 0.05) is 31.0 Å². The normalized spacial score (nSPS) is 14.9. The van der Waals surface area contributed by atoms with E-state index in [0.29, 0.717) is 6.61 Å². The molecular weight excluding hydrogens is 326 g/mol. The molecular formula is C21H27N3O2. The number of carbonyl (C=O) groups is 1. The maximum absolute atomic E-state index is 11.8. The van der Waals surface area contributed by atoms with Crippen LogP contribution in [0, 0.1) is 5.92 Å². The fraction of sp³-hybridized carbons (Fsp3) is 0.381. The minimum absolute atomic E-state index is 0.0421. The number of esters is 1. The van der Waals surface area contributed by atoms with Gasteiger partial charge in [-0.25, -0.2) is 5.43 Å². The van der Waals surface area contributed by atoms with Gasteiger partial charge in [0.15, 0.2) is 0 Å². The van der Waals surface area contributed by atoms with Crippen LogP contribution in [0.3, 0.4) is 0 Å². The molecule has 0 spiro atoms. The molecule has 0 atom stereocenters. The van der Waals surface area contributed by atoms with Crippen LogP contribution in [0.4, 0.5) is 11.4 Å². The fourth-order valence-electron chi connectivity index (χ4n) is 3.23. The number of piperidine rings is 1. The Kier molecular flexibility index (Phi) is 6.50. The monoisotopic (exact) mass is 353 g/mol. The zero-order chi connectivity index (χ0) is 18.2. The molecule has 1 saturated heterocycles. The Labute approximate surface area is 155 Å². The average molecular weight is 353 g/mol. The highest BCUT2D eigenvalue weighted by Gasteiger charge is 2.25. The Morgan fingerprint density at radius 3 is 2.42 bits per heavy atom. The molecule has 1 heterocycles. The van der Waals surface area contributed by atoms with Gasteiger partial charge >= 0.3 is 5.97 Å². The summed E-state index contributed by atoms with van der Waals surface area (Å²) in [4.78, 5) is 14.2. The van der Waals surface area contributed by atoms with E-state index in [2.05, 4.69) is 40.0 Å². The molecule has 5 heteroatoms. The first kappa shape index (κ1) is 18.3. The molecule has 3 rings (SSSR count). The van der Waals surface area contributed by atoms with Gasteiger partial charge in [-0.15, -0.1) is 0 Å². The third-order valence-electron chi connectivity index (χ3n) is 4.72. The van der Waals surface area contributed by atoms with Crippen molar-refractivity contribution in [3.05, 3.63) is 60.2 Å². The average Bonchev–Trinajstić information content (AvgIpc) is 2.70. The third-order valence-corrected chi connectivity index (χ3v) is 4.72. The maximum atomic E-state index is 11.8. The Hall–Kier alpha value is -2.53. The Morgan fingerprint density at radius 2 is 1.77 bits per heavy atom. The van der Waals surface area contributed by atoms with Crippen molar-refractivity contribution < 1.29 is 9.53 Å². The number of hydrogen-bond donors (Lipinski definition) is 2. The van der Waals surface area contributed by atoms with Crippen LogP contribution in [-0.2, 0) is 16.1 Å². The van der Waals surface area contributed by atoms with Gasteiger partial charge in [-0.2, -0.15) is 0 Å². The number of nitrogens with one attached hydrogen (secondary N) is 2. The smallest absolute Gasteiger partial charge is 0.309 e. The zero-order valence-electron chi connectivity index (χ0n) is 15.3. The van der Waals surface area contributed by atoms with Crippen LogP contribution in [0.2, 0.25) is 0 Å². The van der Waals surface area contributed by atoms with Crippen LogP contribution in [0.25, 0.3) is 0 Å². The molecule has 0 aliphatic carbocycles. The molecule has 0 unspecified atom stereocenters. The minimum atomic E-state index is -0.0421. The molecule has 2 aromatic rings. The quantitative estimate of drug-likeness (QED) is 0.589. The summed E-state index contributed by atoms with van der Waals surface area (Å²) in [7, 11) is 0. The lowest BCUT2D eigenvalue weighted by Crippen LogP contribution is -2.37. The van der Waals surface area contributed by atoms with Gasteiger partial charge in [0.2, 0.25) is 0 Å². The van der Waals surface area contributed by atoms with Gasteiger partial charge in [-0.05, 0) is 49.6 Å². The molecule has 2 N–H and O–H groups in total. The summed E-state index contributed by atoms with van der Waals surface area (Å²) in [6, 6.07) is 18.7. The summed E-state index contributed by atoms with van der Waals surface area (Å²) in [5, 5.41) is 0. The number of hydrazine groups is 1. The Bertz CT molecular complexity index is 680. The predicted molar refractivity (Wildman–Crippen MR) is 105 cm³/mol. The van der Waals surface area contributed by atoms with Crippen molar-refractivity contribution in [1.82, 2.24) is 5.43 Å². The van der Waals surface area contributed by atoms with E-state index in [0.717, 1.165) is 38.2 Å². The van der Waals surface area contributed by atoms with E-state index in [1.54, 1.807) is 0 Å². The topological polar surface area (TPSA) is 53.6 Å². The highest BCUT2D eigenvalue weighted by Crippen LogP contribution is 2.24. The van der Waals surface area contributed by atoms with E-state index < -0.39 is 0 Å². The van der Waals surface area contributed by atoms with Crippen LogP contribution in [0.15, 0.2) is 54.6 Å². The lowest BCUT2D eigenvalue weighted by molar-refractivity contribution is -0.148.